The molecular weight excluding hydrogens is 362 g/mol. The van der Waals surface area contributed by atoms with Gasteiger partial charge in [0.25, 0.3) is 0 Å². The van der Waals surface area contributed by atoms with Crippen LogP contribution in [0.4, 0.5) is 5.13 Å². The molecule has 3 rings (SSSR count). The van der Waals surface area contributed by atoms with E-state index >= 15 is 0 Å². The molecule has 0 fully saturated rings. The Labute approximate surface area is 160 Å². The first-order valence-corrected chi connectivity index (χ1v) is 8.95. The quantitative estimate of drug-likeness (QED) is 0.650. The molecule has 0 saturated heterocycles. The van der Waals surface area contributed by atoms with Gasteiger partial charge in [0.1, 0.15) is 6.07 Å². The van der Waals surface area contributed by atoms with Gasteiger partial charge >= 0.3 is 0 Å². The smallest absolute Gasteiger partial charge is 0.250 e. The predicted molar refractivity (Wildman–Crippen MR) is 106 cm³/mol. The van der Waals surface area contributed by atoms with E-state index in [1.165, 1.54) is 24.5 Å². The van der Waals surface area contributed by atoms with Crippen LogP contribution in [0, 0.1) is 18.3 Å². The van der Waals surface area contributed by atoms with E-state index in [1.54, 1.807) is 24.3 Å². The molecule has 0 aliphatic carbocycles. The van der Waals surface area contributed by atoms with Crippen molar-refractivity contribution in [2.45, 2.75) is 6.92 Å². The number of ether oxygens (including phenoxy) is 2. The number of benzene rings is 2. The van der Waals surface area contributed by atoms with Gasteiger partial charge in [-0.05, 0) is 48.4 Å². The summed E-state index contributed by atoms with van der Waals surface area (Å²) in [6, 6.07) is 13.1. The standard InChI is InChI=1S/C20H17N3O3S/c1-13-3-6-15-18(11-13)27-20(22-15)23-19(24)8-5-14-4-7-16(26-10-9-21)17(12-14)25-2/h3-8,11-12H,10H2,1-2H3,(H,22,23,24). The first-order chi connectivity index (χ1) is 13.1. The molecule has 6 nitrogen and oxygen atoms in total. The van der Waals surface area contributed by atoms with Crippen LogP contribution in [0.5, 0.6) is 11.5 Å². The van der Waals surface area contributed by atoms with Crippen LogP contribution in [0.2, 0.25) is 0 Å². The zero-order chi connectivity index (χ0) is 19.2. The van der Waals surface area contributed by atoms with E-state index in [1.807, 2.05) is 31.2 Å². The van der Waals surface area contributed by atoms with Crippen molar-refractivity contribution in [1.82, 2.24) is 4.98 Å². The topological polar surface area (TPSA) is 84.2 Å². The molecule has 27 heavy (non-hydrogen) atoms. The number of hydrogen-bond acceptors (Lipinski definition) is 6. The minimum absolute atomic E-state index is 0.0599. The maximum absolute atomic E-state index is 12.2. The van der Waals surface area contributed by atoms with Gasteiger partial charge in [0.2, 0.25) is 5.91 Å². The van der Waals surface area contributed by atoms with Crippen molar-refractivity contribution >= 4 is 38.7 Å². The number of aromatic nitrogens is 1. The van der Waals surface area contributed by atoms with Crippen molar-refractivity contribution in [2.24, 2.45) is 0 Å². The third-order valence-electron chi connectivity index (χ3n) is 3.68. The summed E-state index contributed by atoms with van der Waals surface area (Å²) >= 11 is 1.44. The number of anilines is 1. The molecule has 2 aromatic carbocycles. The van der Waals surface area contributed by atoms with Crippen molar-refractivity contribution in [3.05, 3.63) is 53.6 Å². The second-order valence-corrected chi connectivity index (χ2v) is 6.70. The van der Waals surface area contributed by atoms with Crippen LogP contribution in [-0.4, -0.2) is 24.6 Å². The van der Waals surface area contributed by atoms with Crippen LogP contribution in [0.15, 0.2) is 42.5 Å². The fourth-order valence-electron chi connectivity index (χ4n) is 2.42. The zero-order valence-electron chi connectivity index (χ0n) is 14.9. The largest absolute Gasteiger partial charge is 0.493 e. The van der Waals surface area contributed by atoms with Crippen molar-refractivity contribution in [2.75, 3.05) is 19.0 Å². The van der Waals surface area contributed by atoms with Gasteiger partial charge < -0.3 is 9.47 Å². The molecule has 0 saturated carbocycles. The lowest BCUT2D eigenvalue weighted by Gasteiger charge is -2.08. The number of carbonyl (C=O) groups is 1. The van der Waals surface area contributed by atoms with Gasteiger partial charge in [-0.3, -0.25) is 10.1 Å². The first-order valence-electron chi connectivity index (χ1n) is 8.13. The maximum Gasteiger partial charge on any atom is 0.250 e. The van der Waals surface area contributed by atoms with Gasteiger partial charge in [-0.1, -0.05) is 23.5 Å². The summed E-state index contributed by atoms with van der Waals surface area (Å²) in [6.45, 7) is 1.96. The maximum atomic E-state index is 12.2. The van der Waals surface area contributed by atoms with Crippen molar-refractivity contribution in [3.8, 4) is 17.6 Å². The molecule has 0 bridgehead atoms. The van der Waals surface area contributed by atoms with Gasteiger partial charge in [-0.25, -0.2) is 4.98 Å². The molecule has 7 heteroatoms. The highest BCUT2D eigenvalue weighted by Crippen LogP contribution is 2.29. The summed E-state index contributed by atoms with van der Waals surface area (Å²) < 4.78 is 11.6. The molecule has 0 aliphatic heterocycles. The number of amides is 1. The number of hydrogen-bond donors (Lipinski definition) is 1. The molecule has 0 atom stereocenters. The fraction of sp³-hybridized carbons (Fsp3) is 0.150. The van der Waals surface area contributed by atoms with Gasteiger partial charge in [-0.2, -0.15) is 5.26 Å². The fourth-order valence-corrected chi connectivity index (χ4v) is 3.39. The normalized spacial score (nSPS) is 10.7. The molecule has 0 aliphatic rings. The number of methoxy groups -OCH3 is 1. The van der Waals surface area contributed by atoms with Gasteiger partial charge in [0, 0.05) is 6.08 Å². The summed E-state index contributed by atoms with van der Waals surface area (Å²) in [5, 5.41) is 11.9. The zero-order valence-corrected chi connectivity index (χ0v) is 15.7. The molecule has 0 unspecified atom stereocenters. The minimum atomic E-state index is -0.269. The Morgan fingerprint density at radius 2 is 2.15 bits per heavy atom. The third-order valence-corrected chi connectivity index (χ3v) is 4.61. The molecule has 0 spiro atoms. The van der Waals surface area contributed by atoms with Crippen LogP contribution in [0.25, 0.3) is 16.3 Å². The second kappa shape index (κ2) is 8.34. The van der Waals surface area contributed by atoms with E-state index in [-0.39, 0.29) is 12.5 Å². The molecule has 1 N–H and O–H groups in total. The summed E-state index contributed by atoms with van der Waals surface area (Å²) in [6.07, 6.45) is 3.10. The Morgan fingerprint density at radius 3 is 2.93 bits per heavy atom. The Balaban J connectivity index is 1.69. The Hall–Kier alpha value is -3.37. The average Bonchev–Trinajstić information content (AvgIpc) is 3.06. The van der Waals surface area contributed by atoms with E-state index in [2.05, 4.69) is 10.3 Å². The van der Waals surface area contributed by atoms with Crippen LogP contribution in [0.3, 0.4) is 0 Å². The number of nitriles is 1. The van der Waals surface area contributed by atoms with Crippen molar-refractivity contribution in [1.29, 1.82) is 5.26 Å². The summed E-state index contributed by atoms with van der Waals surface area (Å²) in [5.41, 5.74) is 2.79. The van der Waals surface area contributed by atoms with Crippen LogP contribution >= 0.6 is 11.3 Å². The average molecular weight is 379 g/mol. The summed E-state index contributed by atoms with van der Waals surface area (Å²) in [4.78, 5) is 16.6. The van der Waals surface area contributed by atoms with E-state index in [4.69, 9.17) is 14.7 Å². The molecule has 136 valence electrons. The number of aryl methyl sites for hydroxylation is 1. The molecule has 1 heterocycles. The monoisotopic (exact) mass is 379 g/mol. The number of nitrogens with one attached hydrogen (secondary N) is 1. The van der Waals surface area contributed by atoms with Crippen molar-refractivity contribution in [3.63, 3.8) is 0 Å². The summed E-state index contributed by atoms with van der Waals surface area (Å²) in [7, 11) is 1.52. The van der Waals surface area contributed by atoms with Gasteiger partial charge in [0.15, 0.2) is 23.2 Å². The van der Waals surface area contributed by atoms with E-state index in [0.29, 0.717) is 16.6 Å². The molecular formula is C20H17N3O3S. The Kier molecular flexibility index (Phi) is 5.69. The third kappa shape index (κ3) is 4.63. The van der Waals surface area contributed by atoms with Crippen molar-refractivity contribution < 1.29 is 14.3 Å². The number of nitrogens with zero attached hydrogens (tertiary/aromatic N) is 2. The van der Waals surface area contributed by atoms with E-state index in [0.717, 1.165) is 21.3 Å². The first kappa shape index (κ1) is 18.4. The molecule has 0 radical (unpaired) electrons. The van der Waals surface area contributed by atoms with E-state index < -0.39 is 0 Å². The highest BCUT2D eigenvalue weighted by molar-refractivity contribution is 7.22. The Morgan fingerprint density at radius 1 is 1.30 bits per heavy atom. The minimum Gasteiger partial charge on any atom is -0.493 e. The highest BCUT2D eigenvalue weighted by atomic mass is 32.1. The predicted octanol–water partition coefficient (Wildman–Crippen LogP) is 4.17. The van der Waals surface area contributed by atoms with Gasteiger partial charge in [0.05, 0.1) is 17.3 Å². The Bertz CT molecular complexity index is 1050. The number of fused-ring (bicyclic) bond motifs is 1. The van der Waals surface area contributed by atoms with Gasteiger partial charge in [-0.15, -0.1) is 0 Å². The SMILES string of the molecule is COc1cc(C=CC(=O)Nc2nc3ccc(C)cc3s2)ccc1OCC#N. The lowest BCUT2D eigenvalue weighted by Crippen LogP contribution is -2.07. The number of rotatable bonds is 6. The lowest BCUT2D eigenvalue weighted by molar-refractivity contribution is -0.111. The second-order valence-electron chi connectivity index (χ2n) is 5.67. The molecule has 3 aromatic rings. The van der Waals surface area contributed by atoms with Crippen LogP contribution < -0.4 is 14.8 Å². The lowest BCUT2D eigenvalue weighted by atomic mass is 10.2. The van der Waals surface area contributed by atoms with Crippen LogP contribution in [-0.2, 0) is 4.79 Å². The summed E-state index contributed by atoms with van der Waals surface area (Å²) in [5.74, 6) is 0.703. The molecule has 1 aromatic heterocycles. The number of thiazole rings is 1. The van der Waals surface area contributed by atoms with Crippen LogP contribution in [0.1, 0.15) is 11.1 Å². The molecule has 1 amide bonds. The van der Waals surface area contributed by atoms with E-state index in [9.17, 15) is 4.79 Å². The highest BCUT2D eigenvalue weighted by Gasteiger charge is 2.07. The number of carbonyl (C=O) groups excluding carboxylic acids is 1.